The summed E-state index contributed by atoms with van der Waals surface area (Å²) in [7, 11) is 4.13. The van der Waals surface area contributed by atoms with Crippen LogP contribution in [0.25, 0.3) is 0 Å². The topological polar surface area (TPSA) is 181 Å². The van der Waals surface area contributed by atoms with Crippen LogP contribution < -0.4 is 5.73 Å². The number of hydrogen-bond acceptors (Lipinski definition) is 10. The van der Waals surface area contributed by atoms with Gasteiger partial charge in [0, 0.05) is 5.92 Å². The molecule has 0 bridgehead atoms. The first-order valence-corrected chi connectivity index (χ1v) is 10.7. The van der Waals surface area contributed by atoms with Crippen LogP contribution in [-0.4, -0.2) is 83.0 Å². The third-order valence-corrected chi connectivity index (χ3v) is 7.34. The molecule has 0 spiro atoms. The van der Waals surface area contributed by atoms with Gasteiger partial charge in [-0.2, -0.15) is 0 Å². The number of ketones is 4. The number of aliphatic hydroxyl groups is 1. The third kappa shape index (κ3) is 2.96. The minimum Gasteiger partial charge on any atom is -0.506 e. The lowest BCUT2D eigenvalue weighted by molar-refractivity contribution is -0.181. The molecule has 180 valence electrons. The Morgan fingerprint density at radius 2 is 1.79 bits per heavy atom. The van der Waals surface area contributed by atoms with Crippen LogP contribution in [0.3, 0.4) is 0 Å². The second-order valence-corrected chi connectivity index (χ2v) is 9.28. The number of aromatic hydroxyl groups is 1. The number of hydrogen-bond donors (Lipinski definition) is 3. The van der Waals surface area contributed by atoms with E-state index in [1.807, 2.05) is 0 Å². The number of benzene rings is 1. The summed E-state index contributed by atoms with van der Waals surface area (Å²) in [5, 5.41) is 22.1. The van der Waals surface area contributed by atoms with Gasteiger partial charge in [-0.05, 0) is 44.5 Å². The van der Waals surface area contributed by atoms with Crippen molar-refractivity contribution in [3.63, 3.8) is 0 Å². The van der Waals surface area contributed by atoms with Crippen molar-refractivity contribution in [1.29, 1.82) is 0 Å². The van der Waals surface area contributed by atoms with Gasteiger partial charge in [-0.3, -0.25) is 28.9 Å². The highest BCUT2D eigenvalue weighted by molar-refractivity contribution is 6.32. The molecule has 11 nitrogen and oxygen atoms in total. The van der Waals surface area contributed by atoms with E-state index < -0.39 is 76.1 Å². The van der Waals surface area contributed by atoms with Crippen molar-refractivity contribution >= 4 is 35.0 Å². The highest BCUT2D eigenvalue weighted by Gasteiger charge is 2.69. The van der Waals surface area contributed by atoms with Gasteiger partial charge >= 0.3 is 5.97 Å². The molecule has 4 N–H and O–H groups in total. The second-order valence-electron chi connectivity index (χ2n) is 9.28. The lowest BCUT2D eigenvalue weighted by Gasteiger charge is -2.52. The largest absolute Gasteiger partial charge is 0.506 e. The molecule has 0 radical (unpaired) electrons. The van der Waals surface area contributed by atoms with E-state index >= 15 is 0 Å². The summed E-state index contributed by atoms with van der Waals surface area (Å²) in [6, 6.07) is 1.63. The monoisotopic (exact) mass is 472 g/mol. The van der Waals surface area contributed by atoms with Crippen molar-refractivity contribution in [2.75, 3.05) is 21.2 Å². The van der Waals surface area contributed by atoms with Gasteiger partial charge < -0.3 is 20.7 Å². The molecule has 3 aliphatic carbocycles. The summed E-state index contributed by atoms with van der Waals surface area (Å²) in [5.74, 6) is -12.3. The van der Waals surface area contributed by atoms with Crippen LogP contribution >= 0.6 is 0 Å². The zero-order valence-corrected chi connectivity index (χ0v) is 18.7. The highest BCUT2D eigenvalue weighted by Crippen LogP contribution is 2.50. The molecule has 0 aliphatic heterocycles. The van der Waals surface area contributed by atoms with Crippen LogP contribution in [0.2, 0.25) is 0 Å². The molecular weight excluding hydrogens is 448 g/mol. The number of carbonyl (C=O) groups is 6. The number of nitrogens with two attached hydrogens (primary N) is 1. The van der Waals surface area contributed by atoms with E-state index in [9.17, 15) is 39.0 Å². The van der Waals surface area contributed by atoms with E-state index in [1.54, 1.807) is 0 Å². The number of amides is 1. The Labute approximate surface area is 193 Å². The number of esters is 1. The van der Waals surface area contributed by atoms with Gasteiger partial charge in [0.25, 0.3) is 0 Å². The molecule has 4 rings (SSSR count). The van der Waals surface area contributed by atoms with Crippen molar-refractivity contribution in [3.8, 4) is 5.75 Å². The van der Waals surface area contributed by atoms with Crippen LogP contribution in [0.5, 0.6) is 5.75 Å². The average Bonchev–Trinajstić information content (AvgIpc) is 2.75. The summed E-state index contributed by atoms with van der Waals surface area (Å²) >= 11 is 0. The number of phenolic OH excluding ortho intramolecular Hbond substituents is 1. The third-order valence-electron chi connectivity index (χ3n) is 7.34. The summed E-state index contributed by atoms with van der Waals surface area (Å²) in [5.41, 5.74) is 2.35. The van der Waals surface area contributed by atoms with E-state index in [4.69, 9.17) is 5.73 Å². The lowest BCUT2D eigenvalue weighted by Crippen LogP contribution is -2.74. The van der Waals surface area contributed by atoms with Crippen molar-refractivity contribution in [2.45, 2.75) is 24.5 Å². The van der Waals surface area contributed by atoms with Gasteiger partial charge in [0.1, 0.15) is 11.3 Å². The molecule has 2 fully saturated rings. The Hall–Kier alpha value is -3.44. The number of methoxy groups -OCH3 is 1. The number of phenols is 1. The van der Waals surface area contributed by atoms with Gasteiger partial charge in [0.05, 0.1) is 24.6 Å². The number of Topliss-reactive ketones (excluding diaryl/α,β-unsaturated/α-hetero) is 4. The van der Waals surface area contributed by atoms with Crippen LogP contribution in [0.1, 0.15) is 32.7 Å². The van der Waals surface area contributed by atoms with Crippen molar-refractivity contribution < 1.29 is 43.7 Å². The molecular formula is C23H24N2O9. The minimum absolute atomic E-state index is 0.0383. The summed E-state index contributed by atoms with van der Waals surface area (Å²) < 4.78 is 4.61. The standard InChI is InChI=1S/C23H24N2O9/c1-25(2)15-11-7-9-6-8-4-5-10(22(32)34-3)16(26)12(8)17(27)13(9)19(29)23(11,33)20(30)14(18(15)28)21(24)31/h4-5,9,11,13-15,26,33H,6-7H2,1-3H3,(H2,24,31). The molecule has 2 saturated carbocycles. The summed E-state index contributed by atoms with van der Waals surface area (Å²) in [6.07, 6.45) is 0.0876. The molecule has 1 aromatic carbocycles. The van der Waals surface area contributed by atoms with E-state index in [-0.39, 0.29) is 24.0 Å². The fourth-order valence-electron chi connectivity index (χ4n) is 5.86. The molecule has 0 heterocycles. The summed E-state index contributed by atoms with van der Waals surface area (Å²) in [6.45, 7) is 0. The first-order valence-electron chi connectivity index (χ1n) is 10.7. The minimum atomic E-state index is -2.79. The first-order chi connectivity index (χ1) is 15.9. The molecule has 0 saturated heterocycles. The smallest absolute Gasteiger partial charge is 0.341 e. The maximum atomic E-state index is 13.6. The molecule has 34 heavy (non-hydrogen) atoms. The molecule has 1 amide bonds. The van der Waals surface area contributed by atoms with Gasteiger partial charge in [-0.15, -0.1) is 0 Å². The predicted octanol–water partition coefficient (Wildman–Crippen LogP) is -1.35. The summed E-state index contributed by atoms with van der Waals surface area (Å²) in [4.78, 5) is 78.5. The van der Waals surface area contributed by atoms with Crippen LogP contribution in [0.4, 0.5) is 0 Å². The molecule has 0 aromatic heterocycles. The van der Waals surface area contributed by atoms with Crippen LogP contribution in [0.15, 0.2) is 12.1 Å². The van der Waals surface area contributed by atoms with Gasteiger partial charge in [0.2, 0.25) is 5.91 Å². The van der Waals surface area contributed by atoms with Crippen LogP contribution in [-0.2, 0) is 30.3 Å². The Bertz CT molecular complexity index is 1170. The highest BCUT2D eigenvalue weighted by atomic mass is 16.5. The Kier molecular flexibility index (Phi) is 5.45. The van der Waals surface area contributed by atoms with Gasteiger partial charge in [-0.25, -0.2) is 4.79 Å². The Balaban J connectivity index is 1.86. The zero-order chi connectivity index (χ0) is 25.3. The number of ether oxygens (including phenoxy) is 1. The van der Waals surface area contributed by atoms with Gasteiger partial charge in [-0.1, -0.05) is 6.07 Å². The Morgan fingerprint density at radius 1 is 1.15 bits per heavy atom. The first kappa shape index (κ1) is 23.7. The fraction of sp³-hybridized carbons (Fsp3) is 0.478. The fourth-order valence-corrected chi connectivity index (χ4v) is 5.86. The normalized spacial score (nSPS) is 32.7. The van der Waals surface area contributed by atoms with Crippen molar-refractivity contribution in [2.24, 2.45) is 29.4 Å². The maximum absolute atomic E-state index is 13.6. The molecule has 6 unspecified atom stereocenters. The van der Waals surface area contributed by atoms with E-state index in [0.29, 0.717) is 5.56 Å². The lowest BCUT2D eigenvalue weighted by atomic mass is 9.52. The molecule has 1 aromatic rings. The second kappa shape index (κ2) is 7.81. The molecule has 3 aliphatic rings. The Morgan fingerprint density at radius 3 is 2.35 bits per heavy atom. The van der Waals surface area contributed by atoms with E-state index in [0.717, 1.165) is 7.11 Å². The number of primary amides is 1. The number of nitrogens with zero attached hydrogens (tertiary/aromatic N) is 1. The predicted molar refractivity (Wildman–Crippen MR) is 113 cm³/mol. The zero-order valence-electron chi connectivity index (χ0n) is 18.7. The number of carbonyl (C=O) groups excluding carboxylic acids is 6. The quantitative estimate of drug-likeness (QED) is 0.351. The van der Waals surface area contributed by atoms with Crippen LogP contribution in [0, 0.1) is 23.7 Å². The molecule has 6 atom stereocenters. The van der Waals surface area contributed by atoms with Crippen molar-refractivity contribution in [3.05, 3.63) is 28.8 Å². The van der Waals surface area contributed by atoms with E-state index in [1.165, 1.54) is 31.1 Å². The average molecular weight is 472 g/mol. The number of rotatable bonds is 3. The SMILES string of the molecule is COC(=O)c1ccc2c(c1O)C(=O)C1C(=O)C3(O)C(=O)C(C(N)=O)C(=O)C(N(C)C)C3CC1C2. The van der Waals surface area contributed by atoms with Gasteiger partial charge in [0.15, 0.2) is 34.7 Å². The number of likely N-dealkylation sites (N-methyl/N-ethyl adjacent to an activating group) is 1. The molecule has 11 heteroatoms. The number of fused-ring (bicyclic) bond motifs is 3. The van der Waals surface area contributed by atoms with Crippen molar-refractivity contribution in [1.82, 2.24) is 4.90 Å². The van der Waals surface area contributed by atoms with E-state index in [2.05, 4.69) is 4.74 Å². The maximum Gasteiger partial charge on any atom is 0.341 e.